The van der Waals surface area contributed by atoms with Crippen molar-refractivity contribution in [3.05, 3.63) is 45.0 Å². The first-order chi connectivity index (χ1) is 8.47. The molecule has 0 fully saturated rings. The molecular formula is C11H7Br2F2N3. The fraction of sp³-hybridized carbons (Fsp3) is 0. The molecule has 0 atom stereocenters. The van der Waals surface area contributed by atoms with E-state index in [1.165, 1.54) is 12.3 Å². The van der Waals surface area contributed by atoms with Crippen LogP contribution in [0.15, 0.2) is 33.3 Å². The fourth-order valence-electron chi connectivity index (χ4n) is 1.29. The van der Waals surface area contributed by atoms with Crippen LogP contribution in [-0.4, -0.2) is 4.98 Å². The molecule has 1 aromatic carbocycles. The van der Waals surface area contributed by atoms with Gasteiger partial charge in [0.15, 0.2) is 0 Å². The number of nitrogens with two attached hydrogens (primary N) is 1. The monoisotopic (exact) mass is 377 g/mol. The molecule has 0 spiro atoms. The third kappa shape index (κ3) is 2.78. The van der Waals surface area contributed by atoms with Gasteiger partial charge in [-0.25, -0.2) is 13.8 Å². The zero-order valence-electron chi connectivity index (χ0n) is 8.85. The second kappa shape index (κ2) is 5.19. The van der Waals surface area contributed by atoms with E-state index in [0.717, 1.165) is 6.07 Å². The van der Waals surface area contributed by atoms with Crippen LogP contribution in [0.3, 0.4) is 0 Å². The van der Waals surface area contributed by atoms with Crippen LogP contribution < -0.4 is 11.1 Å². The summed E-state index contributed by atoms with van der Waals surface area (Å²) >= 11 is 6.24. The summed E-state index contributed by atoms with van der Waals surface area (Å²) in [6, 6.07) is 3.72. The van der Waals surface area contributed by atoms with Crippen molar-refractivity contribution in [2.24, 2.45) is 0 Å². The van der Waals surface area contributed by atoms with Gasteiger partial charge >= 0.3 is 0 Å². The highest BCUT2D eigenvalue weighted by atomic mass is 79.9. The van der Waals surface area contributed by atoms with Crippen molar-refractivity contribution in [3.8, 4) is 0 Å². The maximum absolute atomic E-state index is 13.5. The molecule has 2 aromatic rings. The number of anilines is 3. The molecule has 1 aromatic heterocycles. The van der Waals surface area contributed by atoms with Gasteiger partial charge in [0.2, 0.25) is 0 Å². The summed E-state index contributed by atoms with van der Waals surface area (Å²) < 4.78 is 27.4. The minimum Gasteiger partial charge on any atom is -0.397 e. The SMILES string of the molecule is Nc1cnc(Nc2cc(Br)c(F)cc2F)c(Br)c1. The van der Waals surface area contributed by atoms with Gasteiger partial charge in [-0.3, -0.25) is 0 Å². The number of benzene rings is 1. The van der Waals surface area contributed by atoms with Crippen molar-refractivity contribution in [2.45, 2.75) is 0 Å². The lowest BCUT2D eigenvalue weighted by atomic mass is 10.3. The summed E-state index contributed by atoms with van der Waals surface area (Å²) in [6.07, 6.45) is 1.43. The molecule has 0 aliphatic rings. The van der Waals surface area contributed by atoms with E-state index in [1.807, 2.05) is 0 Å². The number of nitrogen functional groups attached to an aromatic ring is 1. The van der Waals surface area contributed by atoms with Crippen LogP contribution in [-0.2, 0) is 0 Å². The summed E-state index contributed by atoms with van der Waals surface area (Å²) in [4.78, 5) is 4.01. The smallest absolute Gasteiger partial charge is 0.149 e. The number of rotatable bonds is 2. The Bertz CT molecular complexity index is 605. The highest BCUT2D eigenvalue weighted by Crippen LogP contribution is 2.29. The molecule has 0 aliphatic heterocycles. The fourth-order valence-corrected chi connectivity index (χ4v) is 2.10. The van der Waals surface area contributed by atoms with Crippen LogP contribution >= 0.6 is 31.9 Å². The third-order valence-corrected chi connectivity index (χ3v) is 3.34. The largest absolute Gasteiger partial charge is 0.397 e. The molecule has 2 rings (SSSR count). The Hall–Kier alpha value is -1.21. The first-order valence-electron chi connectivity index (χ1n) is 4.80. The van der Waals surface area contributed by atoms with Crippen LogP contribution in [0.1, 0.15) is 0 Å². The molecule has 0 saturated heterocycles. The number of nitrogens with one attached hydrogen (secondary N) is 1. The average molecular weight is 379 g/mol. The van der Waals surface area contributed by atoms with E-state index < -0.39 is 11.6 Å². The summed E-state index contributed by atoms with van der Waals surface area (Å²) in [7, 11) is 0. The van der Waals surface area contributed by atoms with Crippen molar-refractivity contribution >= 4 is 49.1 Å². The summed E-state index contributed by atoms with van der Waals surface area (Å²) in [6.45, 7) is 0. The quantitative estimate of drug-likeness (QED) is 0.769. The number of nitrogens with zero attached hydrogens (tertiary/aromatic N) is 1. The number of pyridine rings is 1. The third-order valence-electron chi connectivity index (χ3n) is 2.13. The van der Waals surface area contributed by atoms with Gasteiger partial charge in [-0.2, -0.15) is 0 Å². The van der Waals surface area contributed by atoms with Crippen molar-refractivity contribution in [1.82, 2.24) is 4.98 Å². The molecule has 0 aliphatic carbocycles. The Kier molecular flexibility index (Phi) is 3.82. The molecule has 3 N–H and O–H groups in total. The second-order valence-corrected chi connectivity index (χ2v) is 5.18. The lowest BCUT2D eigenvalue weighted by Gasteiger charge is -2.09. The average Bonchev–Trinajstić information content (AvgIpc) is 2.29. The molecule has 0 radical (unpaired) electrons. The van der Waals surface area contributed by atoms with Crippen LogP contribution in [0.25, 0.3) is 0 Å². The normalized spacial score (nSPS) is 10.4. The molecule has 18 heavy (non-hydrogen) atoms. The molecule has 0 unspecified atom stereocenters. The predicted molar refractivity (Wildman–Crippen MR) is 73.7 cm³/mol. The molecular weight excluding hydrogens is 372 g/mol. The topological polar surface area (TPSA) is 50.9 Å². The van der Waals surface area contributed by atoms with Crippen LogP contribution in [0.5, 0.6) is 0 Å². The molecule has 3 nitrogen and oxygen atoms in total. The minimum atomic E-state index is -0.707. The van der Waals surface area contributed by atoms with Gasteiger partial charge in [0.1, 0.15) is 17.5 Å². The van der Waals surface area contributed by atoms with E-state index >= 15 is 0 Å². The predicted octanol–water partition coefficient (Wildman–Crippen LogP) is 4.21. The second-order valence-electron chi connectivity index (χ2n) is 3.47. The van der Waals surface area contributed by atoms with E-state index in [-0.39, 0.29) is 10.2 Å². The van der Waals surface area contributed by atoms with Gasteiger partial charge in [-0.15, -0.1) is 0 Å². The summed E-state index contributed by atoms with van der Waals surface area (Å²) in [5.41, 5.74) is 6.14. The van der Waals surface area contributed by atoms with E-state index in [1.54, 1.807) is 6.07 Å². The summed E-state index contributed by atoms with van der Waals surface area (Å²) in [5.74, 6) is -0.981. The van der Waals surface area contributed by atoms with Crippen molar-refractivity contribution in [1.29, 1.82) is 0 Å². The standard InChI is InChI=1S/C11H7Br2F2N3/c12-6-2-10(9(15)3-8(6)14)18-11-7(13)1-5(16)4-17-11/h1-4H,16H2,(H,17,18). The lowest BCUT2D eigenvalue weighted by Crippen LogP contribution is -1.99. The Morgan fingerprint density at radius 2 is 1.78 bits per heavy atom. The zero-order chi connectivity index (χ0) is 13.3. The number of aromatic nitrogens is 1. The van der Waals surface area contributed by atoms with Gasteiger partial charge < -0.3 is 11.1 Å². The maximum atomic E-state index is 13.5. The Morgan fingerprint density at radius 3 is 2.44 bits per heavy atom. The molecule has 7 heteroatoms. The Morgan fingerprint density at radius 1 is 1.06 bits per heavy atom. The minimum absolute atomic E-state index is 0.112. The van der Waals surface area contributed by atoms with Gasteiger partial charge in [-0.05, 0) is 44.0 Å². The molecule has 0 saturated carbocycles. The van der Waals surface area contributed by atoms with Crippen LogP contribution in [0.2, 0.25) is 0 Å². The molecule has 94 valence electrons. The van der Waals surface area contributed by atoms with Gasteiger partial charge in [0.05, 0.1) is 26.5 Å². The first kappa shape index (κ1) is 13.2. The number of hydrogen-bond acceptors (Lipinski definition) is 3. The van der Waals surface area contributed by atoms with Crippen molar-refractivity contribution in [3.63, 3.8) is 0 Å². The van der Waals surface area contributed by atoms with Gasteiger partial charge in [0.25, 0.3) is 0 Å². The number of hydrogen-bond donors (Lipinski definition) is 2. The Balaban J connectivity index is 2.37. The van der Waals surface area contributed by atoms with Gasteiger partial charge in [0, 0.05) is 6.07 Å². The highest BCUT2D eigenvalue weighted by molar-refractivity contribution is 9.10. The van der Waals surface area contributed by atoms with Gasteiger partial charge in [-0.1, -0.05) is 0 Å². The van der Waals surface area contributed by atoms with E-state index in [4.69, 9.17) is 5.73 Å². The van der Waals surface area contributed by atoms with E-state index in [9.17, 15) is 8.78 Å². The molecule has 1 heterocycles. The highest BCUT2D eigenvalue weighted by Gasteiger charge is 2.10. The molecule has 0 bridgehead atoms. The van der Waals surface area contributed by atoms with Crippen LogP contribution in [0.4, 0.5) is 26.0 Å². The van der Waals surface area contributed by atoms with Crippen LogP contribution in [0, 0.1) is 11.6 Å². The summed E-state index contributed by atoms with van der Waals surface area (Å²) in [5, 5.41) is 2.75. The van der Waals surface area contributed by atoms with E-state index in [2.05, 4.69) is 42.2 Å². The number of halogens is 4. The van der Waals surface area contributed by atoms with Crippen molar-refractivity contribution < 1.29 is 8.78 Å². The molecule has 0 amide bonds. The van der Waals surface area contributed by atoms with Crippen molar-refractivity contribution in [2.75, 3.05) is 11.1 Å². The first-order valence-corrected chi connectivity index (χ1v) is 6.38. The Labute approximate surface area is 119 Å². The van der Waals surface area contributed by atoms with E-state index in [0.29, 0.717) is 16.0 Å². The zero-order valence-corrected chi connectivity index (χ0v) is 12.0. The lowest BCUT2D eigenvalue weighted by molar-refractivity contribution is 0.581. The maximum Gasteiger partial charge on any atom is 0.149 e.